The lowest BCUT2D eigenvalue weighted by molar-refractivity contribution is 0.563. The molecular formula is C14H14ClFN2O2. The maximum absolute atomic E-state index is 13.6. The largest absolute Gasteiger partial charge is 0.330 e. The fourth-order valence-electron chi connectivity index (χ4n) is 1.98. The zero-order chi connectivity index (χ0) is 15.0. The number of aromatic amines is 1. The highest BCUT2D eigenvalue weighted by Gasteiger charge is 2.16. The summed E-state index contributed by atoms with van der Waals surface area (Å²) in [6.07, 6.45) is 0. The molecule has 0 saturated heterocycles. The highest BCUT2D eigenvalue weighted by atomic mass is 35.5. The molecule has 0 fully saturated rings. The van der Waals surface area contributed by atoms with Crippen LogP contribution in [0.4, 0.5) is 4.39 Å². The van der Waals surface area contributed by atoms with Crippen molar-refractivity contribution in [3.8, 4) is 0 Å². The van der Waals surface area contributed by atoms with Crippen LogP contribution in [0.1, 0.15) is 29.7 Å². The predicted octanol–water partition coefficient (Wildman–Crippen LogP) is 2.56. The molecule has 2 aromatic rings. The molecule has 0 aliphatic heterocycles. The van der Waals surface area contributed by atoms with Crippen LogP contribution >= 0.6 is 11.6 Å². The molecule has 0 amide bonds. The van der Waals surface area contributed by atoms with E-state index in [4.69, 9.17) is 11.6 Å². The minimum atomic E-state index is -0.612. The number of aromatic nitrogens is 2. The second-order valence-electron chi connectivity index (χ2n) is 4.73. The van der Waals surface area contributed by atoms with E-state index in [1.165, 1.54) is 13.0 Å². The molecule has 20 heavy (non-hydrogen) atoms. The SMILES string of the molecule is Cc1ccc(C(C)n2c(=O)[nH]c(Cl)c(C)c2=O)cc1F. The Morgan fingerprint density at radius 2 is 1.95 bits per heavy atom. The van der Waals surface area contributed by atoms with E-state index in [1.807, 2.05) is 0 Å². The van der Waals surface area contributed by atoms with Crippen LogP contribution in [0.3, 0.4) is 0 Å². The van der Waals surface area contributed by atoms with E-state index in [2.05, 4.69) is 4.98 Å². The van der Waals surface area contributed by atoms with Gasteiger partial charge in [-0.2, -0.15) is 0 Å². The average molecular weight is 297 g/mol. The van der Waals surface area contributed by atoms with Crippen molar-refractivity contribution in [1.82, 2.24) is 9.55 Å². The van der Waals surface area contributed by atoms with Crippen molar-refractivity contribution in [3.63, 3.8) is 0 Å². The summed E-state index contributed by atoms with van der Waals surface area (Å²) in [6, 6.07) is 4.05. The Labute approximate surface area is 119 Å². The quantitative estimate of drug-likeness (QED) is 0.866. The van der Waals surface area contributed by atoms with Gasteiger partial charge in [0.1, 0.15) is 11.0 Å². The summed E-state index contributed by atoms with van der Waals surface area (Å²) in [5, 5.41) is 0.0264. The normalized spacial score (nSPS) is 12.4. The molecule has 1 aromatic heterocycles. The van der Waals surface area contributed by atoms with E-state index in [1.54, 1.807) is 26.0 Å². The summed E-state index contributed by atoms with van der Waals surface area (Å²) in [7, 11) is 0. The molecule has 0 aliphatic rings. The molecule has 0 aliphatic carbocycles. The molecule has 6 heteroatoms. The molecule has 2 rings (SSSR count). The Morgan fingerprint density at radius 1 is 1.30 bits per heavy atom. The van der Waals surface area contributed by atoms with E-state index in [0.717, 1.165) is 4.57 Å². The van der Waals surface area contributed by atoms with Crippen LogP contribution in [0, 0.1) is 19.7 Å². The van der Waals surface area contributed by atoms with Gasteiger partial charge < -0.3 is 0 Å². The van der Waals surface area contributed by atoms with Crippen LogP contribution in [0.2, 0.25) is 5.15 Å². The first-order valence-electron chi connectivity index (χ1n) is 6.10. The smallest absolute Gasteiger partial charge is 0.297 e. The first kappa shape index (κ1) is 14.5. The molecule has 1 aromatic carbocycles. The van der Waals surface area contributed by atoms with Gasteiger partial charge in [-0.05, 0) is 38.0 Å². The Morgan fingerprint density at radius 3 is 2.55 bits per heavy atom. The molecule has 1 heterocycles. The first-order chi connectivity index (χ1) is 9.32. The molecule has 106 valence electrons. The van der Waals surface area contributed by atoms with Gasteiger partial charge in [0.05, 0.1) is 6.04 Å². The number of benzene rings is 1. The van der Waals surface area contributed by atoms with Crippen LogP contribution in [0.15, 0.2) is 27.8 Å². The minimum Gasteiger partial charge on any atom is -0.297 e. The lowest BCUT2D eigenvalue weighted by Gasteiger charge is -2.16. The number of halogens is 2. The Balaban J connectivity index is 2.62. The average Bonchev–Trinajstić information content (AvgIpc) is 2.39. The Hall–Kier alpha value is -1.88. The fourth-order valence-corrected chi connectivity index (χ4v) is 2.15. The molecule has 0 bridgehead atoms. The molecule has 0 radical (unpaired) electrons. The maximum atomic E-state index is 13.6. The molecule has 1 atom stereocenters. The minimum absolute atomic E-state index is 0.0264. The van der Waals surface area contributed by atoms with Crippen molar-refractivity contribution >= 4 is 11.6 Å². The topological polar surface area (TPSA) is 54.9 Å². The van der Waals surface area contributed by atoms with E-state index >= 15 is 0 Å². The van der Waals surface area contributed by atoms with Gasteiger partial charge in [-0.1, -0.05) is 23.7 Å². The predicted molar refractivity (Wildman–Crippen MR) is 76.0 cm³/mol. The highest BCUT2D eigenvalue weighted by molar-refractivity contribution is 6.30. The molecule has 1 unspecified atom stereocenters. The summed E-state index contributed by atoms with van der Waals surface area (Å²) >= 11 is 5.76. The van der Waals surface area contributed by atoms with Crippen LogP contribution in [-0.4, -0.2) is 9.55 Å². The highest BCUT2D eigenvalue weighted by Crippen LogP contribution is 2.18. The van der Waals surface area contributed by atoms with Crippen molar-refractivity contribution in [2.45, 2.75) is 26.8 Å². The second-order valence-corrected chi connectivity index (χ2v) is 5.11. The first-order valence-corrected chi connectivity index (χ1v) is 6.47. The van der Waals surface area contributed by atoms with Crippen LogP contribution < -0.4 is 11.2 Å². The fraction of sp³-hybridized carbons (Fsp3) is 0.286. The molecule has 1 N–H and O–H groups in total. The monoisotopic (exact) mass is 296 g/mol. The zero-order valence-corrected chi connectivity index (χ0v) is 12.1. The van der Waals surface area contributed by atoms with Gasteiger partial charge in [0, 0.05) is 5.56 Å². The summed E-state index contributed by atoms with van der Waals surface area (Å²) in [6.45, 7) is 4.84. The van der Waals surface area contributed by atoms with Gasteiger partial charge in [-0.25, -0.2) is 9.18 Å². The Kier molecular flexibility index (Phi) is 3.81. The van der Waals surface area contributed by atoms with E-state index in [-0.39, 0.29) is 16.5 Å². The van der Waals surface area contributed by atoms with Crippen molar-refractivity contribution in [2.75, 3.05) is 0 Å². The van der Waals surface area contributed by atoms with Gasteiger partial charge in [0.25, 0.3) is 5.56 Å². The van der Waals surface area contributed by atoms with E-state index < -0.39 is 17.3 Å². The van der Waals surface area contributed by atoms with Crippen LogP contribution in [0.5, 0.6) is 0 Å². The van der Waals surface area contributed by atoms with Crippen LogP contribution in [0.25, 0.3) is 0 Å². The van der Waals surface area contributed by atoms with Crippen LogP contribution in [-0.2, 0) is 0 Å². The standard InChI is InChI=1S/C14H14ClFN2O2/c1-7-4-5-10(6-11(7)16)9(3)18-13(19)8(2)12(15)17-14(18)20/h4-6,9H,1-3H3,(H,17,20). The lowest BCUT2D eigenvalue weighted by atomic mass is 10.1. The zero-order valence-electron chi connectivity index (χ0n) is 11.3. The number of nitrogens with zero attached hydrogens (tertiary/aromatic N) is 1. The van der Waals surface area contributed by atoms with Gasteiger partial charge >= 0.3 is 5.69 Å². The van der Waals surface area contributed by atoms with Gasteiger partial charge in [0.2, 0.25) is 0 Å². The molecule has 4 nitrogen and oxygen atoms in total. The third-order valence-electron chi connectivity index (χ3n) is 3.37. The third kappa shape index (κ3) is 2.41. The second kappa shape index (κ2) is 5.25. The van der Waals surface area contributed by atoms with Crippen molar-refractivity contribution in [3.05, 3.63) is 66.7 Å². The molecule has 0 spiro atoms. The number of H-pyrrole nitrogens is 1. The number of hydrogen-bond donors (Lipinski definition) is 1. The number of nitrogens with one attached hydrogen (secondary N) is 1. The molecule has 0 saturated carbocycles. The Bertz CT molecular complexity index is 780. The van der Waals surface area contributed by atoms with Crippen molar-refractivity contribution < 1.29 is 4.39 Å². The summed E-state index contributed by atoms with van der Waals surface area (Å²) in [5.74, 6) is -0.371. The summed E-state index contributed by atoms with van der Waals surface area (Å²) in [4.78, 5) is 26.5. The summed E-state index contributed by atoms with van der Waals surface area (Å²) < 4.78 is 14.6. The van der Waals surface area contributed by atoms with E-state index in [9.17, 15) is 14.0 Å². The van der Waals surface area contributed by atoms with E-state index in [0.29, 0.717) is 11.1 Å². The molecular weight excluding hydrogens is 283 g/mol. The van der Waals surface area contributed by atoms with Gasteiger partial charge in [-0.3, -0.25) is 14.3 Å². The third-order valence-corrected chi connectivity index (χ3v) is 3.75. The van der Waals surface area contributed by atoms with Gasteiger partial charge in [0.15, 0.2) is 0 Å². The lowest BCUT2D eigenvalue weighted by Crippen LogP contribution is -2.39. The van der Waals surface area contributed by atoms with Gasteiger partial charge in [-0.15, -0.1) is 0 Å². The number of aryl methyl sites for hydroxylation is 1. The van der Waals surface area contributed by atoms with Crippen molar-refractivity contribution in [2.24, 2.45) is 0 Å². The number of hydrogen-bond acceptors (Lipinski definition) is 2. The number of rotatable bonds is 2. The maximum Gasteiger partial charge on any atom is 0.330 e. The van der Waals surface area contributed by atoms with Crippen molar-refractivity contribution in [1.29, 1.82) is 0 Å². The summed E-state index contributed by atoms with van der Waals surface area (Å²) in [5.41, 5.74) is 0.217.